The Balaban J connectivity index is 0.000000375. The minimum atomic E-state index is -0.389. The molecule has 2 saturated heterocycles. The summed E-state index contributed by atoms with van der Waals surface area (Å²) in [6, 6.07) is 10.2. The quantitative estimate of drug-likeness (QED) is 0.223. The summed E-state index contributed by atoms with van der Waals surface area (Å²) < 4.78 is 11.2. The molecule has 0 aliphatic carbocycles. The van der Waals surface area contributed by atoms with Crippen molar-refractivity contribution in [2.75, 3.05) is 62.2 Å². The van der Waals surface area contributed by atoms with Crippen LogP contribution in [-0.4, -0.2) is 88.5 Å². The second-order valence-corrected chi connectivity index (χ2v) is 19.0. The third kappa shape index (κ3) is 8.56. The number of aliphatic hydroxyl groups excluding tert-OH is 1. The van der Waals surface area contributed by atoms with Gasteiger partial charge in [-0.2, -0.15) is 0 Å². The van der Waals surface area contributed by atoms with Gasteiger partial charge in [0.1, 0.15) is 5.82 Å². The normalized spacial score (nSPS) is 19.6. The van der Waals surface area contributed by atoms with Gasteiger partial charge >= 0.3 is 0 Å². The molecule has 2 aliphatic heterocycles. The van der Waals surface area contributed by atoms with Gasteiger partial charge in [0.2, 0.25) is 0 Å². The molecule has 3 N–H and O–H groups in total. The Morgan fingerprint density at radius 1 is 1.00 bits per heavy atom. The predicted molar refractivity (Wildman–Crippen MR) is 184 cm³/mol. The zero-order valence-corrected chi connectivity index (χ0v) is 28.9. The fourth-order valence-corrected chi connectivity index (χ4v) is 10.4. The second-order valence-electron chi connectivity index (χ2n) is 12.5. The third-order valence-corrected chi connectivity index (χ3v) is 16.8. The van der Waals surface area contributed by atoms with Gasteiger partial charge in [0.05, 0.1) is 29.7 Å². The molecule has 2 aliphatic rings. The summed E-state index contributed by atoms with van der Waals surface area (Å²) in [5.74, 6) is 2.56. The van der Waals surface area contributed by atoms with E-state index in [1.807, 2.05) is 36.0 Å². The molecule has 1 unspecified atom stereocenters. The first kappa shape index (κ1) is 35.0. The first-order chi connectivity index (χ1) is 19.9. The Labute approximate surface area is 261 Å². The van der Waals surface area contributed by atoms with E-state index >= 15 is 0 Å². The Bertz CT molecular complexity index is 1070. The number of nitrogens with zero attached hydrogens (tertiary/aromatic N) is 3. The van der Waals surface area contributed by atoms with Gasteiger partial charge in [-0.1, -0.05) is 41.5 Å². The number of anilines is 2. The summed E-state index contributed by atoms with van der Waals surface area (Å²) in [7, 11) is -0.389. The Kier molecular flexibility index (Phi) is 13.3. The van der Waals surface area contributed by atoms with Crippen LogP contribution >= 0.6 is 21.8 Å². The van der Waals surface area contributed by atoms with E-state index in [1.54, 1.807) is 0 Å². The van der Waals surface area contributed by atoms with Crippen molar-refractivity contribution in [1.29, 1.82) is 0 Å². The van der Waals surface area contributed by atoms with Crippen LogP contribution < -0.4 is 10.6 Å². The van der Waals surface area contributed by atoms with Crippen LogP contribution in [0.2, 0.25) is 0 Å². The molecular weight excluding hydrogens is 565 g/mol. The highest BCUT2D eigenvalue weighted by atomic mass is 32.3. The van der Waals surface area contributed by atoms with Gasteiger partial charge in [-0.3, -0.25) is 0 Å². The number of thioether (sulfide) groups is 1. The molecule has 0 amide bonds. The first-order valence-electron chi connectivity index (χ1n) is 15.6. The highest BCUT2D eigenvalue weighted by molar-refractivity contribution is 8.34. The number of hydrogen-bond donors (Lipinski definition) is 2. The van der Waals surface area contributed by atoms with E-state index in [1.165, 1.54) is 0 Å². The molecule has 0 saturated carbocycles. The number of hydrogen-bond acceptors (Lipinski definition) is 8. The van der Waals surface area contributed by atoms with Crippen LogP contribution in [0.15, 0.2) is 30.3 Å². The summed E-state index contributed by atoms with van der Waals surface area (Å²) in [5, 5.41) is 11.9. The van der Waals surface area contributed by atoms with Crippen molar-refractivity contribution >= 4 is 33.3 Å². The van der Waals surface area contributed by atoms with Crippen LogP contribution in [0.25, 0.3) is 11.4 Å². The zero-order valence-electron chi connectivity index (χ0n) is 27.3. The number of rotatable bonds is 10. The van der Waals surface area contributed by atoms with E-state index in [9.17, 15) is 5.11 Å². The predicted octanol–water partition coefficient (Wildman–Crippen LogP) is 6.72. The van der Waals surface area contributed by atoms with Gasteiger partial charge in [-0.15, -0.1) is 11.8 Å². The van der Waals surface area contributed by atoms with Crippen molar-refractivity contribution in [1.82, 2.24) is 9.97 Å². The Morgan fingerprint density at radius 2 is 1.62 bits per heavy atom. The van der Waals surface area contributed by atoms with Crippen molar-refractivity contribution < 1.29 is 14.6 Å². The van der Waals surface area contributed by atoms with E-state index < -0.39 is 0 Å². The highest BCUT2D eigenvalue weighted by Crippen LogP contribution is 2.57. The minimum Gasteiger partial charge on any atom is -0.399 e. The SMILES string of the molecule is CC(C)S(C)(C(C)C)C(C)C.CC1COCCN1c1cc(C2(SCCCO)CCOCC2)nc(-c2ccc(N)cc2)n1. The summed E-state index contributed by atoms with van der Waals surface area (Å²) in [6.07, 6.45) is 5.07. The van der Waals surface area contributed by atoms with E-state index in [-0.39, 0.29) is 27.4 Å². The van der Waals surface area contributed by atoms with E-state index in [0.717, 1.165) is 89.1 Å². The average Bonchev–Trinajstić information content (AvgIpc) is 2.97. The number of nitrogens with two attached hydrogens (primary N) is 1. The molecule has 4 rings (SSSR count). The van der Waals surface area contributed by atoms with Gasteiger partial charge in [0.25, 0.3) is 0 Å². The van der Waals surface area contributed by atoms with Crippen molar-refractivity contribution in [2.24, 2.45) is 0 Å². The van der Waals surface area contributed by atoms with Gasteiger partial charge in [-0.05, 0) is 78.2 Å². The number of benzene rings is 1. The maximum Gasteiger partial charge on any atom is 0.161 e. The zero-order chi connectivity index (χ0) is 30.9. The highest BCUT2D eigenvalue weighted by Gasteiger charge is 2.38. The maximum atomic E-state index is 9.32. The van der Waals surface area contributed by atoms with Gasteiger partial charge < -0.3 is 25.2 Å². The lowest BCUT2D eigenvalue weighted by atomic mass is 9.94. The molecule has 0 spiro atoms. The van der Waals surface area contributed by atoms with Crippen molar-refractivity contribution in [3.05, 3.63) is 36.0 Å². The molecule has 42 heavy (non-hydrogen) atoms. The standard InChI is InChI=1S/C23H32N4O3S.C10H24S/c1-17-16-30-13-9-27(17)21-15-20(23(31-14-2-10-28)7-11-29-12-8-23)25-22(26-21)18-3-5-19(24)6-4-18;1-8(2)11(7,9(3)4)10(5)6/h3-6,15,17,28H,2,7-14,16,24H2,1H3;8-10H,1-7H3. The minimum absolute atomic E-state index is 0.136. The molecule has 238 valence electrons. The molecule has 3 heterocycles. The van der Waals surface area contributed by atoms with Crippen LogP contribution in [0, 0.1) is 0 Å². The third-order valence-electron chi connectivity index (χ3n) is 9.04. The fourth-order valence-electron chi connectivity index (χ4n) is 5.78. The monoisotopic (exact) mass is 620 g/mol. The Hall–Kier alpha value is -1.52. The molecule has 9 heteroatoms. The molecule has 1 aromatic heterocycles. The number of aliphatic hydroxyl groups is 1. The summed E-state index contributed by atoms with van der Waals surface area (Å²) in [4.78, 5) is 12.4. The molecule has 0 radical (unpaired) electrons. The number of ether oxygens (including phenoxy) is 2. The topological polar surface area (TPSA) is 93.7 Å². The van der Waals surface area contributed by atoms with Crippen LogP contribution in [0.1, 0.15) is 73.4 Å². The average molecular weight is 621 g/mol. The van der Waals surface area contributed by atoms with Gasteiger partial charge in [0, 0.05) is 43.7 Å². The van der Waals surface area contributed by atoms with Crippen molar-refractivity contribution in [3.8, 4) is 11.4 Å². The van der Waals surface area contributed by atoms with Crippen LogP contribution in [0.3, 0.4) is 0 Å². The maximum absolute atomic E-state index is 9.32. The Morgan fingerprint density at radius 3 is 2.14 bits per heavy atom. The first-order valence-corrected chi connectivity index (χ1v) is 18.8. The fraction of sp³-hybridized carbons (Fsp3) is 0.697. The van der Waals surface area contributed by atoms with Gasteiger partial charge in [-0.25, -0.2) is 20.0 Å². The molecule has 1 atom stereocenters. The molecule has 7 nitrogen and oxygen atoms in total. The lowest BCUT2D eigenvalue weighted by molar-refractivity contribution is 0.0758. The van der Waals surface area contributed by atoms with Crippen LogP contribution in [0.4, 0.5) is 11.5 Å². The summed E-state index contributed by atoms with van der Waals surface area (Å²) in [6.45, 7) is 20.2. The molecule has 0 bridgehead atoms. The molecule has 2 aromatic rings. The van der Waals surface area contributed by atoms with Gasteiger partial charge in [0.15, 0.2) is 5.82 Å². The van der Waals surface area contributed by atoms with E-state index in [2.05, 4.69) is 65.7 Å². The smallest absolute Gasteiger partial charge is 0.161 e. The van der Waals surface area contributed by atoms with Crippen molar-refractivity contribution in [2.45, 2.75) is 94.3 Å². The largest absolute Gasteiger partial charge is 0.399 e. The number of aromatic nitrogens is 2. The second kappa shape index (κ2) is 16.0. The van der Waals surface area contributed by atoms with Crippen LogP contribution in [-0.2, 0) is 14.2 Å². The van der Waals surface area contributed by atoms with Crippen molar-refractivity contribution in [3.63, 3.8) is 0 Å². The van der Waals surface area contributed by atoms with E-state index in [4.69, 9.17) is 25.2 Å². The molecule has 2 fully saturated rings. The number of morpholine rings is 1. The summed E-state index contributed by atoms with van der Waals surface area (Å²) in [5.41, 5.74) is 8.64. The molecular formula is C33H56N4O3S2. The summed E-state index contributed by atoms with van der Waals surface area (Å²) >= 11 is 1.89. The number of nitrogen functional groups attached to an aromatic ring is 1. The lowest BCUT2D eigenvalue weighted by Gasteiger charge is -2.48. The lowest BCUT2D eigenvalue weighted by Crippen LogP contribution is -2.44. The molecule has 1 aromatic carbocycles. The van der Waals surface area contributed by atoms with Crippen LogP contribution in [0.5, 0.6) is 0 Å². The van der Waals surface area contributed by atoms with E-state index in [0.29, 0.717) is 13.2 Å².